The van der Waals surface area contributed by atoms with E-state index in [1.807, 2.05) is 18.2 Å². The highest BCUT2D eigenvalue weighted by atomic mass is 79.9. The van der Waals surface area contributed by atoms with Crippen LogP contribution in [0.3, 0.4) is 0 Å². The summed E-state index contributed by atoms with van der Waals surface area (Å²) in [5, 5.41) is 0. The number of hydrogen-bond acceptors (Lipinski definition) is 2. The summed E-state index contributed by atoms with van der Waals surface area (Å²) < 4.78 is -0.985. The summed E-state index contributed by atoms with van der Waals surface area (Å²) in [6.45, 7) is 1.46. The van der Waals surface area contributed by atoms with Gasteiger partial charge in [-0.2, -0.15) is 0 Å². The lowest BCUT2D eigenvalue weighted by molar-refractivity contribution is -0.118. The van der Waals surface area contributed by atoms with Crippen LogP contribution in [-0.4, -0.2) is 15.9 Å². The molecule has 0 aromatic heterocycles. The van der Waals surface area contributed by atoms with Gasteiger partial charge in [0.25, 0.3) is 0 Å². The fraction of sp³-hybridized carbons (Fsp3) is 0.333. The smallest absolute Gasteiger partial charge is 0.187 e. The number of hydrogen-bond donors (Lipinski definition) is 0. The van der Waals surface area contributed by atoms with Gasteiger partial charge in [0.2, 0.25) is 0 Å². The van der Waals surface area contributed by atoms with Gasteiger partial charge in [0, 0.05) is 5.56 Å². The van der Waals surface area contributed by atoms with E-state index in [-0.39, 0.29) is 11.6 Å². The number of alkyl halides is 1. The molecule has 1 unspecified atom stereocenters. The predicted molar refractivity (Wildman–Crippen MR) is 61.4 cm³/mol. The molecular weight excluding hydrogens is 256 g/mol. The zero-order chi connectivity index (χ0) is 11.1. The van der Waals surface area contributed by atoms with Crippen LogP contribution >= 0.6 is 15.9 Å². The molecule has 2 rings (SSSR count). The number of carbonyl (C=O) groups is 2. The first-order valence-electron chi connectivity index (χ1n) is 4.88. The van der Waals surface area contributed by atoms with Crippen molar-refractivity contribution in [3.8, 4) is 0 Å². The number of ketones is 2. The third kappa shape index (κ3) is 1.55. The van der Waals surface area contributed by atoms with Gasteiger partial charge in [-0.25, -0.2) is 0 Å². The van der Waals surface area contributed by atoms with E-state index in [2.05, 4.69) is 15.9 Å². The van der Waals surface area contributed by atoms with Crippen molar-refractivity contribution in [1.29, 1.82) is 0 Å². The Kier molecular flexibility index (Phi) is 2.51. The van der Waals surface area contributed by atoms with E-state index in [0.29, 0.717) is 12.0 Å². The summed E-state index contributed by atoms with van der Waals surface area (Å²) in [6.07, 6.45) is 1.32. The second-order valence-electron chi connectivity index (χ2n) is 3.84. The van der Waals surface area contributed by atoms with Crippen molar-refractivity contribution in [2.75, 3.05) is 0 Å². The molecule has 15 heavy (non-hydrogen) atoms. The number of carbonyl (C=O) groups excluding carboxylic acids is 2. The average Bonchev–Trinajstić information content (AvgIpc) is 2.24. The largest absolute Gasteiger partial charge is 0.298 e. The molecule has 0 aliphatic heterocycles. The highest BCUT2D eigenvalue weighted by molar-refractivity contribution is 9.10. The molecule has 0 saturated heterocycles. The Morgan fingerprint density at radius 2 is 2.07 bits per heavy atom. The minimum absolute atomic E-state index is 0.100. The van der Waals surface area contributed by atoms with Crippen molar-refractivity contribution in [3.63, 3.8) is 0 Å². The van der Waals surface area contributed by atoms with E-state index in [9.17, 15) is 9.59 Å². The van der Waals surface area contributed by atoms with Gasteiger partial charge in [0.1, 0.15) is 4.32 Å². The van der Waals surface area contributed by atoms with E-state index in [1.165, 1.54) is 6.92 Å². The molecule has 0 saturated carbocycles. The van der Waals surface area contributed by atoms with Crippen LogP contribution in [0.4, 0.5) is 0 Å². The molecule has 1 aromatic carbocycles. The van der Waals surface area contributed by atoms with E-state index < -0.39 is 4.32 Å². The third-order valence-electron chi connectivity index (χ3n) is 2.92. The molecule has 0 spiro atoms. The lowest BCUT2D eigenvalue weighted by atomic mass is 9.81. The van der Waals surface area contributed by atoms with Gasteiger partial charge in [-0.05, 0) is 25.3 Å². The number of Topliss-reactive ketones (excluding diaryl/α,β-unsaturated/α-hetero) is 2. The summed E-state index contributed by atoms with van der Waals surface area (Å²) >= 11 is 3.30. The fourth-order valence-corrected chi connectivity index (χ4v) is 2.34. The van der Waals surface area contributed by atoms with Crippen molar-refractivity contribution >= 4 is 27.5 Å². The maximum absolute atomic E-state index is 12.1. The zero-order valence-corrected chi connectivity index (χ0v) is 10.0. The lowest BCUT2D eigenvalue weighted by Crippen LogP contribution is -2.42. The number of aryl methyl sites for hydroxylation is 1. The molecule has 3 heteroatoms. The third-order valence-corrected chi connectivity index (χ3v) is 4.23. The Labute approximate surface area is 96.8 Å². The van der Waals surface area contributed by atoms with Gasteiger partial charge >= 0.3 is 0 Å². The summed E-state index contributed by atoms with van der Waals surface area (Å²) in [5.41, 5.74) is 1.72. The van der Waals surface area contributed by atoms with Crippen molar-refractivity contribution in [2.45, 2.75) is 24.1 Å². The van der Waals surface area contributed by atoms with E-state index in [1.54, 1.807) is 6.07 Å². The first-order chi connectivity index (χ1) is 7.05. The molecule has 0 radical (unpaired) electrons. The maximum Gasteiger partial charge on any atom is 0.187 e. The first-order valence-corrected chi connectivity index (χ1v) is 5.67. The normalized spacial score (nSPS) is 24.8. The van der Waals surface area contributed by atoms with Crippen molar-refractivity contribution < 1.29 is 9.59 Å². The summed E-state index contributed by atoms with van der Waals surface area (Å²) in [5.74, 6) is -0.209. The van der Waals surface area contributed by atoms with Crippen LogP contribution in [0.25, 0.3) is 0 Å². The van der Waals surface area contributed by atoms with Crippen LogP contribution in [0.15, 0.2) is 24.3 Å². The van der Waals surface area contributed by atoms with Crippen LogP contribution in [0.5, 0.6) is 0 Å². The Morgan fingerprint density at radius 3 is 2.73 bits per heavy atom. The quantitative estimate of drug-likeness (QED) is 0.578. The first kappa shape index (κ1) is 10.6. The molecule has 1 aliphatic carbocycles. The molecule has 78 valence electrons. The highest BCUT2D eigenvalue weighted by Crippen LogP contribution is 2.35. The van der Waals surface area contributed by atoms with E-state index in [0.717, 1.165) is 12.0 Å². The fourth-order valence-electron chi connectivity index (χ4n) is 1.93. The van der Waals surface area contributed by atoms with Gasteiger partial charge in [-0.15, -0.1) is 0 Å². The van der Waals surface area contributed by atoms with Gasteiger partial charge < -0.3 is 0 Å². The molecule has 0 heterocycles. The van der Waals surface area contributed by atoms with Crippen LogP contribution < -0.4 is 0 Å². The molecule has 0 N–H and O–H groups in total. The van der Waals surface area contributed by atoms with E-state index >= 15 is 0 Å². The van der Waals surface area contributed by atoms with Gasteiger partial charge in [0.15, 0.2) is 11.6 Å². The van der Waals surface area contributed by atoms with Gasteiger partial charge in [0.05, 0.1) is 0 Å². The van der Waals surface area contributed by atoms with Crippen LogP contribution in [0.1, 0.15) is 29.3 Å². The maximum atomic E-state index is 12.1. The summed E-state index contributed by atoms with van der Waals surface area (Å²) in [7, 11) is 0. The summed E-state index contributed by atoms with van der Waals surface area (Å²) in [6, 6.07) is 7.48. The topological polar surface area (TPSA) is 34.1 Å². The second-order valence-corrected chi connectivity index (χ2v) is 5.20. The highest BCUT2D eigenvalue weighted by Gasteiger charge is 2.44. The Balaban J connectivity index is 2.51. The van der Waals surface area contributed by atoms with Crippen LogP contribution in [0.2, 0.25) is 0 Å². The Morgan fingerprint density at radius 1 is 1.40 bits per heavy atom. The van der Waals surface area contributed by atoms with Crippen molar-refractivity contribution in [2.24, 2.45) is 0 Å². The molecule has 0 fully saturated rings. The van der Waals surface area contributed by atoms with E-state index in [4.69, 9.17) is 0 Å². The zero-order valence-electron chi connectivity index (χ0n) is 8.42. The second kappa shape index (κ2) is 3.56. The van der Waals surface area contributed by atoms with Crippen LogP contribution in [0, 0.1) is 0 Å². The molecule has 1 atom stereocenters. The summed E-state index contributed by atoms with van der Waals surface area (Å²) in [4.78, 5) is 23.6. The Hall–Kier alpha value is -0.960. The minimum Gasteiger partial charge on any atom is -0.298 e. The van der Waals surface area contributed by atoms with Crippen molar-refractivity contribution in [3.05, 3.63) is 35.4 Å². The van der Waals surface area contributed by atoms with Gasteiger partial charge in [-0.3, -0.25) is 9.59 Å². The number of rotatable bonds is 1. The molecular formula is C12H11BrO2. The minimum atomic E-state index is -0.985. The SMILES string of the molecule is CC(=O)C1(Br)CCc2ccccc2C1=O. The average molecular weight is 267 g/mol. The molecule has 0 amide bonds. The van der Waals surface area contributed by atoms with Gasteiger partial charge in [-0.1, -0.05) is 40.2 Å². The Bertz CT molecular complexity index is 439. The number of fused-ring (bicyclic) bond motifs is 1. The number of benzene rings is 1. The standard InChI is InChI=1S/C12H11BrO2/c1-8(14)12(13)7-6-9-4-2-3-5-10(9)11(12)15/h2-5H,6-7H2,1H3. The molecule has 2 nitrogen and oxygen atoms in total. The molecule has 1 aliphatic rings. The molecule has 1 aromatic rings. The van der Waals surface area contributed by atoms with Crippen LogP contribution in [-0.2, 0) is 11.2 Å². The molecule has 0 bridgehead atoms. The lowest BCUT2D eigenvalue weighted by Gasteiger charge is -2.28. The number of halogens is 1. The monoisotopic (exact) mass is 266 g/mol. The predicted octanol–water partition coefficient (Wildman–Crippen LogP) is 2.54. The van der Waals surface area contributed by atoms with Crippen molar-refractivity contribution in [1.82, 2.24) is 0 Å².